The molecule has 6 nitrogen and oxygen atoms in total. The average molecular weight is 458 g/mol. The van der Waals surface area contributed by atoms with Gasteiger partial charge in [-0.15, -0.1) is 0 Å². The number of nitrogens with zero attached hydrogens (tertiary/aromatic N) is 3. The zero-order chi connectivity index (χ0) is 23.7. The molecule has 12 heteroatoms. The molecule has 0 spiro atoms. The van der Waals surface area contributed by atoms with Gasteiger partial charge in [0, 0.05) is 7.05 Å². The number of aromatic nitrogens is 2. The molecule has 1 heterocycles. The number of halogens is 6. The Kier molecular flexibility index (Phi) is 6.15. The van der Waals surface area contributed by atoms with Crippen LogP contribution in [0.5, 0.6) is 0 Å². The summed E-state index contributed by atoms with van der Waals surface area (Å²) in [6, 6.07) is 10.00. The van der Waals surface area contributed by atoms with Gasteiger partial charge in [-0.2, -0.15) is 26.3 Å². The molecule has 0 aliphatic carbocycles. The van der Waals surface area contributed by atoms with Gasteiger partial charge in [-0.3, -0.25) is 9.59 Å². The van der Waals surface area contributed by atoms with Crippen LogP contribution in [0.4, 0.5) is 32.0 Å². The van der Waals surface area contributed by atoms with E-state index in [1.165, 1.54) is 30.3 Å². The van der Waals surface area contributed by atoms with Crippen molar-refractivity contribution in [1.82, 2.24) is 14.5 Å². The second kappa shape index (κ2) is 8.52. The summed E-state index contributed by atoms with van der Waals surface area (Å²) in [7, 11) is 1.16. The molecule has 2 aromatic carbocycles. The standard InChI is InChI=1S/C20H16F6N4O2/c1-29(10-16(31)27-13-7-3-2-6-12(13)19(21,22)23)17(32)11-30-15-9-5-4-8-14(15)28-18(30)20(24,25)26/h2-9H,10-11H2,1H3,(H,27,31). The SMILES string of the molecule is CN(CC(=O)Nc1ccccc1C(F)(F)F)C(=O)Cn1c(C(F)(F)F)nc2ccccc21. The van der Waals surface area contributed by atoms with Gasteiger partial charge in [-0.05, 0) is 24.3 Å². The first-order valence-corrected chi connectivity index (χ1v) is 9.10. The van der Waals surface area contributed by atoms with Crippen molar-refractivity contribution in [2.45, 2.75) is 18.9 Å². The molecule has 2 amide bonds. The maximum Gasteiger partial charge on any atom is 0.449 e. The van der Waals surface area contributed by atoms with E-state index in [0.717, 1.165) is 30.1 Å². The number of hydrogen-bond acceptors (Lipinski definition) is 3. The number of fused-ring (bicyclic) bond motifs is 1. The summed E-state index contributed by atoms with van der Waals surface area (Å²) >= 11 is 0. The highest BCUT2D eigenvalue weighted by Gasteiger charge is 2.38. The van der Waals surface area contributed by atoms with Crippen molar-refractivity contribution in [2.75, 3.05) is 18.9 Å². The van der Waals surface area contributed by atoms with Crippen molar-refractivity contribution >= 4 is 28.5 Å². The fourth-order valence-electron chi connectivity index (χ4n) is 3.04. The normalized spacial score (nSPS) is 12.1. The molecule has 1 N–H and O–H groups in total. The van der Waals surface area contributed by atoms with Crippen molar-refractivity contribution in [3.05, 3.63) is 59.9 Å². The molecule has 3 rings (SSSR count). The largest absolute Gasteiger partial charge is 0.449 e. The molecular weight excluding hydrogens is 442 g/mol. The second-order valence-corrected chi connectivity index (χ2v) is 6.85. The number of alkyl halides is 6. The quantitative estimate of drug-likeness (QED) is 0.584. The minimum atomic E-state index is -4.82. The smallest absolute Gasteiger partial charge is 0.335 e. The zero-order valence-electron chi connectivity index (χ0n) is 16.5. The van der Waals surface area contributed by atoms with Crippen LogP contribution in [-0.2, 0) is 28.5 Å². The third-order valence-corrected chi connectivity index (χ3v) is 4.51. The van der Waals surface area contributed by atoms with E-state index in [0.29, 0.717) is 4.57 Å². The summed E-state index contributed by atoms with van der Waals surface area (Å²) < 4.78 is 79.9. The lowest BCUT2D eigenvalue weighted by atomic mass is 10.1. The molecule has 32 heavy (non-hydrogen) atoms. The van der Waals surface area contributed by atoms with E-state index in [2.05, 4.69) is 10.3 Å². The third-order valence-electron chi connectivity index (χ3n) is 4.51. The zero-order valence-corrected chi connectivity index (χ0v) is 16.5. The van der Waals surface area contributed by atoms with Crippen LogP contribution in [0.25, 0.3) is 11.0 Å². The molecule has 0 unspecified atom stereocenters. The Morgan fingerprint density at radius 3 is 2.25 bits per heavy atom. The summed E-state index contributed by atoms with van der Waals surface area (Å²) in [4.78, 5) is 29.0. The van der Waals surface area contributed by atoms with E-state index < -0.39 is 54.3 Å². The number of carbonyl (C=O) groups excluding carboxylic acids is 2. The van der Waals surface area contributed by atoms with Crippen LogP contribution >= 0.6 is 0 Å². The van der Waals surface area contributed by atoms with Gasteiger partial charge in [0.1, 0.15) is 6.54 Å². The molecule has 0 aliphatic heterocycles. The van der Waals surface area contributed by atoms with Crippen LogP contribution in [0, 0.1) is 0 Å². The minimum absolute atomic E-state index is 0.0387. The van der Waals surface area contributed by atoms with Crippen LogP contribution in [0.3, 0.4) is 0 Å². The summed E-state index contributed by atoms with van der Waals surface area (Å²) in [5.41, 5.74) is -1.45. The molecule has 0 aliphatic rings. The van der Waals surface area contributed by atoms with E-state index in [1.54, 1.807) is 0 Å². The lowest BCUT2D eigenvalue weighted by Crippen LogP contribution is -2.37. The monoisotopic (exact) mass is 458 g/mol. The van der Waals surface area contributed by atoms with Crippen molar-refractivity contribution in [2.24, 2.45) is 0 Å². The molecule has 3 aromatic rings. The average Bonchev–Trinajstić information content (AvgIpc) is 3.06. The van der Waals surface area contributed by atoms with Crippen molar-refractivity contribution in [1.29, 1.82) is 0 Å². The van der Waals surface area contributed by atoms with Crippen LogP contribution in [0.15, 0.2) is 48.5 Å². The Balaban J connectivity index is 1.75. The number of amides is 2. The first-order valence-electron chi connectivity index (χ1n) is 9.10. The molecule has 0 atom stereocenters. The summed E-state index contributed by atoms with van der Waals surface area (Å²) in [5, 5.41) is 2.08. The van der Waals surface area contributed by atoms with E-state index in [1.807, 2.05) is 0 Å². The Morgan fingerprint density at radius 2 is 1.59 bits per heavy atom. The van der Waals surface area contributed by atoms with Gasteiger partial charge in [-0.1, -0.05) is 24.3 Å². The summed E-state index contributed by atoms with van der Waals surface area (Å²) in [6.07, 6.45) is -9.53. The van der Waals surface area contributed by atoms with Crippen LogP contribution < -0.4 is 5.32 Å². The molecule has 170 valence electrons. The number of benzene rings is 2. The van der Waals surface area contributed by atoms with Crippen LogP contribution in [0.2, 0.25) is 0 Å². The Labute approximate surface area is 177 Å². The molecular formula is C20H16F6N4O2. The van der Waals surface area contributed by atoms with Gasteiger partial charge >= 0.3 is 12.4 Å². The van der Waals surface area contributed by atoms with Gasteiger partial charge < -0.3 is 14.8 Å². The number of imidazole rings is 1. The van der Waals surface area contributed by atoms with E-state index in [4.69, 9.17) is 0 Å². The van der Waals surface area contributed by atoms with Crippen molar-refractivity contribution in [3.63, 3.8) is 0 Å². The maximum absolute atomic E-state index is 13.4. The van der Waals surface area contributed by atoms with E-state index in [9.17, 15) is 35.9 Å². The van der Waals surface area contributed by atoms with Crippen LogP contribution in [-0.4, -0.2) is 39.9 Å². The number of rotatable bonds is 5. The molecule has 0 radical (unpaired) electrons. The van der Waals surface area contributed by atoms with Crippen molar-refractivity contribution in [3.8, 4) is 0 Å². The van der Waals surface area contributed by atoms with Crippen LogP contribution in [0.1, 0.15) is 11.4 Å². The molecule has 0 saturated carbocycles. The molecule has 0 bridgehead atoms. The summed E-state index contributed by atoms with van der Waals surface area (Å²) in [6.45, 7) is -1.43. The highest BCUT2D eigenvalue weighted by atomic mass is 19.4. The van der Waals surface area contributed by atoms with Gasteiger partial charge in [-0.25, -0.2) is 4.98 Å². The van der Waals surface area contributed by atoms with E-state index >= 15 is 0 Å². The number of nitrogens with one attached hydrogen (secondary N) is 1. The first kappa shape index (κ1) is 23.1. The minimum Gasteiger partial charge on any atom is -0.335 e. The van der Waals surface area contributed by atoms with Gasteiger partial charge in [0.25, 0.3) is 0 Å². The van der Waals surface area contributed by atoms with Gasteiger partial charge in [0.15, 0.2) is 0 Å². The Hall–Kier alpha value is -3.57. The predicted molar refractivity (Wildman–Crippen MR) is 102 cm³/mol. The van der Waals surface area contributed by atoms with E-state index in [-0.39, 0.29) is 11.0 Å². The highest BCUT2D eigenvalue weighted by Crippen LogP contribution is 2.34. The molecule has 1 aromatic heterocycles. The fourth-order valence-corrected chi connectivity index (χ4v) is 3.04. The Bertz CT molecular complexity index is 1150. The lowest BCUT2D eigenvalue weighted by Gasteiger charge is -2.19. The lowest BCUT2D eigenvalue weighted by molar-refractivity contribution is -0.148. The number of likely N-dealkylation sites (N-methyl/N-ethyl adjacent to an activating group) is 1. The summed E-state index contributed by atoms with van der Waals surface area (Å²) in [5.74, 6) is -3.08. The first-order chi connectivity index (χ1) is 14.9. The topological polar surface area (TPSA) is 67.2 Å². The Morgan fingerprint density at radius 1 is 0.969 bits per heavy atom. The van der Waals surface area contributed by atoms with Crippen molar-refractivity contribution < 1.29 is 35.9 Å². The number of para-hydroxylation sites is 3. The second-order valence-electron chi connectivity index (χ2n) is 6.85. The number of carbonyl (C=O) groups is 2. The predicted octanol–water partition coefficient (Wildman–Crippen LogP) is 4.17. The maximum atomic E-state index is 13.4. The molecule has 0 saturated heterocycles. The molecule has 0 fully saturated rings. The van der Waals surface area contributed by atoms with Gasteiger partial charge in [0.05, 0.1) is 28.8 Å². The van der Waals surface area contributed by atoms with Gasteiger partial charge in [0.2, 0.25) is 17.6 Å². The fraction of sp³-hybridized carbons (Fsp3) is 0.250. The highest BCUT2D eigenvalue weighted by molar-refractivity contribution is 5.95. The number of anilines is 1. The third kappa shape index (κ3) is 5.01. The number of hydrogen-bond donors (Lipinski definition) is 1.